The Bertz CT molecular complexity index is 669. The van der Waals surface area contributed by atoms with Crippen LogP contribution in [0.4, 0.5) is 18.9 Å². The summed E-state index contributed by atoms with van der Waals surface area (Å²) in [6.45, 7) is 0. The first-order valence-electron chi connectivity index (χ1n) is 5.86. The van der Waals surface area contributed by atoms with E-state index in [2.05, 4.69) is 0 Å². The number of benzene rings is 2. The van der Waals surface area contributed by atoms with Crippen LogP contribution in [0.25, 0.3) is 0 Å². The van der Waals surface area contributed by atoms with Gasteiger partial charge in [0.05, 0.1) is 15.5 Å². The first-order valence-corrected chi connectivity index (χ1v) is 6.24. The quantitative estimate of drug-likeness (QED) is 0.600. The van der Waals surface area contributed by atoms with E-state index in [1.807, 2.05) is 0 Å². The van der Waals surface area contributed by atoms with Gasteiger partial charge in [0, 0.05) is 12.1 Å². The van der Waals surface area contributed by atoms with Gasteiger partial charge in [-0.1, -0.05) is 29.8 Å². The average molecular weight is 316 g/mol. The third kappa shape index (κ3) is 3.72. The molecule has 0 fully saturated rings. The van der Waals surface area contributed by atoms with E-state index in [1.165, 1.54) is 36.4 Å². The molecule has 0 N–H and O–H groups in total. The van der Waals surface area contributed by atoms with Gasteiger partial charge in [0.2, 0.25) is 0 Å². The smallest absolute Gasteiger partial charge is 0.258 e. The van der Waals surface area contributed by atoms with Crippen LogP contribution >= 0.6 is 11.6 Å². The number of nitro groups is 1. The lowest BCUT2D eigenvalue weighted by Gasteiger charge is -2.11. The number of hydrogen-bond acceptors (Lipinski definition) is 2. The SMILES string of the molecule is O=[N+]([O-])c1ccc(Cc2ccc(Cl)c(C(F)(F)F)c2)cc1. The fourth-order valence-electron chi connectivity index (χ4n) is 1.87. The Balaban J connectivity index is 2.26. The van der Waals surface area contributed by atoms with Gasteiger partial charge in [0.15, 0.2) is 0 Å². The molecule has 0 aromatic heterocycles. The number of hydrogen-bond donors (Lipinski definition) is 0. The fourth-order valence-corrected chi connectivity index (χ4v) is 2.10. The number of halogens is 4. The van der Waals surface area contributed by atoms with Crippen molar-refractivity contribution >= 4 is 17.3 Å². The molecule has 0 unspecified atom stereocenters. The topological polar surface area (TPSA) is 43.1 Å². The van der Waals surface area contributed by atoms with Gasteiger partial charge in [-0.25, -0.2) is 0 Å². The molecule has 0 amide bonds. The fraction of sp³-hybridized carbons (Fsp3) is 0.143. The van der Waals surface area contributed by atoms with E-state index in [0.717, 1.165) is 6.07 Å². The molecule has 0 atom stereocenters. The van der Waals surface area contributed by atoms with Gasteiger partial charge in [-0.05, 0) is 29.7 Å². The maximum absolute atomic E-state index is 12.7. The van der Waals surface area contributed by atoms with Crippen molar-refractivity contribution in [1.29, 1.82) is 0 Å². The summed E-state index contributed by atoms with van der Waals surface area (Å²) < 4.78 is 38.2. The molecule has 7 heteroatoms. The third-order valence-electron chi connectivity index (χ3n) is 2.89. The zero-order valence-corrected chi connectivity index (χ0v) is 11.3. The number of alkyl halides is 3. The van der Waals surface area contributed by atoms with Gasteiger partial charge < -0.3 is 0 Å². The highest BCUT2D eigenvalue weighted by Gasteiger charge is 2.33. The van der Waals surface area contributed by atoms with Crippen molar-refractivity contribution in [1.82, 2.24) is 0 Å². The van der Waals surface area contributed by atoms with Gasteiger partial charge >= 0.3 is 6.18 Å². The van der Waals surface area contributed by atoms with Crippen molar-refractivity contribution in [3.63, 3.8) is 0 Å². The van der Waals surface area contributed by atoms with Crippen molar-refractivity contribution in [2.24, 2.45) is 0 Å². The van der Waals surface area contributed by atoms with Crippen LogP contribution in [0.5, 0.6) is 0 Å². The molecule has 0 bridgehead atoms. The van der Waals surface area contributed by atoms with E-state index in [1.54, 1.807) is 0 Å². The average Bonchev–Trinajstić information content (AvgIpc) is 2.40. The summed E-state index contributed by atoms with van der Waals surface area (Å²) in [5, 5.41) is 10.2. The highest BCUT2D eigenvalue weighted by molar-refractivity contribution is 6.31. The highest BCUT2D eigenvalue weighted by atomic mass is 35.5. The van der Waals surface area contributed by atoms with Crippen LogP contribution < -0.4 is 0 Å². The lowest BCUT2D eigenvalue weighted by atomic mass is 10.0. The zero-order chi connectivity index (χ0) is 15.6. The van der Waals surface area contributed by atoms with Crippen molar-refractivity contribution in [2.45, 2.75) is 12.6 Å². The molecule has 0 heterocycles. The molecule has 0 aliphatic rings. The van der Waals surface area contributed by atoms with Crippen molar-refractivity contribution < 1.29 is 18.1 Å². The maximum Gasteiger partial charge on any atom is 0.417 e. The van der Waals surface area contributed by atoms with Crippen molar-refractivity contribution in [3.05, 3.63) is 74.3 Å². The predicted octanol–water partition coefficient (Wildman–Crippen LogP) is 4.86. The second-order valence-corrected chi connectivity index (χ2v) is 4.82. The van der Waals surface area contributed by atoms with E-state index in [9.17, 15) is 23.3 Å². The number of nitrogens with zero attached hydrogens (tertiary/aromatic N) is 1. The molecular weight excluding hydrogens is 307 g/mol. The number of rotatable bonds is 3. The summed E-state index contributed by atoms with van der Waals surface area (Å²) >= 11 is 5.54. The molecule has 0 aliphatic heterocycles. The highest BCUT2D eigenvalue weighted by Crippen LogP contribution is 2.35. The van der Waals surface area contributed by atoms with Gasteiger partial charge in [0.1, 0.15) is 0 Å². The molecule has 0 spiro atoms. The summed E-state index contributed by atoms with van der Waals surface area (Å²) in [7, 11) is 0. The molecule has 21 heavy (non-hydrogen) atoms. The van der Waals surface area contributed by atoms with Crippen molar-refractivity contribution in [3.8, 4) is 0 Å². The first-order chi connectivity index (χ1) is 9.77. The normalized spacial score (nSPS) is 11.4. The Labute approximate surface area is 123 Å². The van der Waals surface area contributed by atoms with Crippen molar-refractivity contribution in [2.75, 3.05) is 0 Å². The van der Waals surface area contributed by atoms with E-state index in [4.69, 9.17) is 11.6 Å². The Morgan fingerprint density at radius 3 is 2.14 bits per heavy atom. The summed E-state index contributed by atoms with van der Waals surface area (Å²) in [5.74, 6) is 0. The number of nitro benzene ring substituents is 1. The lowest BCUT2D eigenvalue weighted by molar-refractivity contribution is -0.384. The molecule has 0 saturated carbocycles. The summed E-state index contributed by atoms with van der Waals surface area (Å²) in [6, 6.07) is 9.35. The molecule has 0 saturated heterocycles. The molecule has 2 aromatic rings. The lowest BCUT2D eigenvalue weighted by Crippen LogP contribution is -2.06. The molecule has 2 aromatic carbocycles. The monoisotopic (exact) mass is 315 g/mol. The van der Waals surface area contributed by atoms with Gasteiger partial charge in [-0.15, -0.1) is 0 Å². The minimum Gasteiger partial charge on any atom is -0.258 e. The minimum absolute atomic E-state index is 0.0640. The second kappa shape index (κ2) is 5.73. The molecule has 3 nitrogen and oxygen atoms in total. The molecule has 0 radical (unpaired) electrons. The van der Waals surface area contributed by atoms with E-state index in [-0.39, 0.29) is 17.1 Å². The van der Waals surface area contributed by atoms with E-state index < -0.39 is 16.7 Å². The Morgan fingerprint density at radius 2 is 1.62 bits per heavy atom. The molecule has 110 valence electrons. The Kier molecular flexibility index (Phi) is 4.18. The van der Waals surface area contributed by atoms with Crippen LogP contribution in [-0.2, 0) is 12.6 Å². The maximum atomic E-state index is 12.7. The van der Waals surface area contributed by atoms with Crippen LogP contribution in [0.2, 0.25) is 5.02 Å². The van der Waals surface area contributed by atoms with Gasteiger partial charge in [0.25, 0.3) is 5.69 Å². The molecule has 2 rings (SSSR count). The standard InChI is InChI=1S/C14H9ClF3NO2/c15-13-6-3-10(8-12(13)14(16,17)18)7-9-1-4-11(5-2-9)19(20)21/h1-6,8H,7H2. The zero-order valence-electron chi connectivity index (χ0n) is 10.5. The summed E-state index contributed by atoms with van der Waals surface area (Å²) in [4.78, 5) is 10.00. The van der Waals surface area contributed by atoms with E-state index in [0.29, 0.717) is 11.1 Å². The van der Waals surface area contributed by atoms with Crippen LogP contribution in [0.1, 0.15) is 16.7 Å². The molecular formula is C14H9ClF3NO2. The second-order valence-electron chi connectivity index (χ2n) is 4.41. The minimum atomic E-state index is -4.51. The van der Waals surface area contributed by atoms with E-state index >= 15 is 0 Å². The van der Waals surface area contributed by atoms with Crippen LogP contribution in [0, 0.1) is 10.1 Å². The first kappa shape index (κ1) is 15.3. The Hall–Kier alpha value is -2.08. The number of non-ortho nitro benzene ring substituents is 1. The molecule has 0 aliphatic carbocycles. The summed E-state index contributed by atoms with van der Waals surface area (Å²) in [5.41, 5.74) is 0.158. The van der Waals surface area contributed by atoms with Crippen LogP contribution in [0.15, 0.2) is 42.5 Å². The van der Waals surface area contributed by atoms with Gasteiger partial charge in [-0.3, -0.25) is 10.1 Å². The largest absolute Gasteiger partial charge is 0.417 e. The van der Waals surface area contributed by atoms with Gasteiger partial charge in [-0.2, -0.15) is 13.2 Å². The third-order valence-corrected chi connectivity index (χ3v) is 3.22. The van der Waals surface area contributed by atoms with Crippen LogP contribution in [0.3, 0.4) is 0 Å². The Morgan fingerprint density at radius 1 is 1.05 bits per heavy atom. The predicted molar refractivity (Wildman–Crippen MR) is 72.4 cm³/mol. The summed E-state index contributed by atoms with van der Waals surface area (Å²) in [6.07, 6.45) is -4.28. The van der Waals surface area contributed by atoms with Crippen LogP contribution in [-0.4, -0.2) is 4.92 Å².